The Morgan fingerprint density at radius 2 is 1.48 bits per heavy atom. The Balaban J connectivity index is 1.55. The standard InChI is InChI=1S/C39H46N6O6S/c1-25-21-33(50-7)26(2)27(3)35(25)52(48,49)45-36(40)31-20-14-15-28(22-31)23-32(42-38(47)51-39(4,5)6)24-41-44-37(46)43-34(29-16-10-8-11-17-29)30-18-12-9-13-19-30/h8-22,24,32,34H,23H2,1-7H3,(H2,40,45)(H,42,47)(H2,43,44,46). The van der Waals surface area contributed by atoms with Crippen LogP contribution < -0.4 is 26.5 Å². The summed E-state index contributed by atoms with van der Waals surface area (Å²) >= 11 is 0. The van der Waals surface area contributed by atoms with Gasteiger partial charge in [0.25, 0.3) is 10.0 Å². The first-order valence-corrected chi connectivity index (χ1v) is 18.1. The molecular formula is C39H46N6O6S. The fraction of sp³-hybridized carbons (Fsp3) is 0.282. The highest BCUT2D eigenvalue weighted by Gasteiger charge is 2.24. The summed E-state index contributed by atoms with van der Waals surface area (Å²) in [6.07, 6.45) is 0.882. The predicted octanol–water partition coefficient (Wildman–Crippen LogP) is 6.23. The highest BCUT2D eigenvalue weighted by Crippen LogP contribution is 2.31. The summed E-state index contributed by atoms with van der Waals surface area (Å²) in [5.41, 5.74) is 12.5. The van der Waals surface area contributed by atoms with E-state index in [0.717, 1.165) is 11.1 Å². The fourth-order valence-corrected chi connectivity index (χ4v) is 7.03. The van der Waals surface area contributed by atoms with Crippen LogP contribution in [0, 0.1) is 20.8 Å². The molecule has 4 aromatic carbocycles. The molecule has 12 nitrogen and oxygen atoms in total. The van der Waals surface area contributed by atoms with E-state index in [-0.39, 0.29) is 17.2 Å². The average molecular weight is 727 g/mol. The number of hydrogen-bond donors (Lipinski definition) is 4. The molecule has 0 aliphatic rings. The maximum absolute atomic E-state index is 13.5. The second-order valence-electron chi connectivity index (χ2n) is 13.2. The predicted molar refractivity (Wildman–Crippen MR) is 203 cm³/mol. The van der Waals surface area contributed by atoms with E-state index in [2.05, 4.69) is 25.6 Å². The van der Waals surface area contributed by atoms with E-state index in [1.807, 2.05) is 60.7 Å². The van der Waals surface area contributed by atoms with Crippen molar-refractivity contribution in [2.45, 2.75) is 70.5 Å². The van der Waals surface area contributed by atoms with Crippen LogP contribution in [0.5, 0.6) is 5.75 Å². The van der Waals surface area contributed by atoms with Crippen LogP contribution in [0.1, 0.15) is 65.8 Å². The molecule has 0 spiro atoms. The van der Waals surface area contributed by atoms with Crippen molar-refractivity contribution in [2.75, 3.05) is 7.11 Å². The molecular weight excluding hydrogens is 681 g/mol. The van der Waals surface area contributed by atoms with Crippen molar-refractivity contribution < 1.29 is 27.5 Å². The fourth-order valence-electron chi connectivity index (χ4n) is 5.57. The van der Waals surface area contributed by atoms with Crippen LogP contribution in [0.3, 0.4) is 0 Å². The molecule has 13 heteroatoms. The Morgan fingerprint density at radius 3 is 2.06 bits per heavy atom. The molecule has 0 saturated carbocycles. The topological polar surface area (TPSA) is 174 Å². The summed E-state index contributed by atoms with van der Waals surface area (Å²) in [6.45, 7) is 10.4. The Kier molecular flexibility index (Phi) is 12.8. The number of hydrazone groups is 1. The molecule has 0 radical (unpaired) electrons. The largest absolute Gasteiger partial charge is 0.496 e. The lowest BCUT2D eigenvalue weighted by molar-refractivity contribution is 0.0519. The minimum atomic E-state index is -4.18. The van der Waals surface area contributed by atoms with E-state index in [4.69, 9.17) is 15.2 Å². The number of aryl methyl sites for hydroxylation is 1. The zero-order chi connectivity index (χ0) is 38.1. The van der Waals surface area contributed by atoms with Crippen molar-refractivity contribution in [3.05, 3.63) is 130 Å². The normalized spacial score (nSPS) is 12.7. The summed E-state index contributed by atoms with van der Waals surface area (Å²) in [4.78, 5) is 25.9. The highest BCUT2D eigenvalue weighted by atomic mass is 32.2. The third kappa shape index (κ3) is 10.7. The molecule has 274 valence electrons. The molecule has 3 amide bonds. The number of alkyl carbamates (subject to hydrolysis) is 1. The van der Waals surface area contributed by atoms with Crippen LogP contribution in [-0.2, 0) is 21.2 Å². The number of nitrogens with one attached hydrogen (secondary N) is 3. The smallest absolute Gasteiger partial charge is 0.408 e. The van der Waals surface area contributed by atoms with Gasteiger partial charge in [-0.05, 0) is 93.5 Å². The van der Waals surface area contributed by atoms with Crippen LogP contribution in [-0.4, -0.2) is 51.3 Å². The molecule has 0 aliphatic heterocycles. The molecule has 0 bridgehead atoms. The number of benzene rings is 4. The highest BCUT2D eigenvalue weighted by molar-refractivity contribution is 7.90. The number of urea groups is 1. The van der Waals surface area contributed by atoms with Gasteiger partial charge in [-0.3, -0.25) is 0 Å². The van der Waals surface area contributed by atoms with E-state index in [9.17, 15) is 18.0 Å². The number of carbonyl (C=O) groups excluding carboxylic acids is 2. The number of sulfonamides is 1. The molecule has 0 fully saturated rings. The van der Waals surface area contributed by atoms with Crippen molar-refractivity contribution >= 4 is 34.2 Å². The third-order valence-corrected chi connectivity index (χ3v) is 9.60. The van der Waals surface area contributed by atoms with E-state index in [1.54, 1.807) is 71.9 Å². The maximum Gasteiger partial charge on any atom is 0.408 e. The number of rotatable bonds is 12. The van der Waals surface area contributed by atoms with Crippen molar-refractivity contribution in [3.8, 4) is 5.75 Å². The van der Waals surface area contributed by atoms with Crippen LogP contribution >= 0.6 is 0 Å². The van der Waals surface area contributed by atoms with Gasteiger partial charge >= 0.3 is 12.1 Å². The number of amides is 3. The van der Waals surface area contributed by atoms with Crippen molar-refractivity contribution in [2.24, 2.45) is 15.2 Å². The van der Waals surface area contributed by atoms with Gasteiger partial charge in [0, 0.05) is 11.8 Å². The Labute approximate surface area is 305 Å². The first kappa shape index (κ1) is 39.1. The zero-order valence-corrected chi connectivity index (χ0v) is 31.2. The summed E-state index contributed by atoms with van der Waals surface area (Å²) in [6, 6.07) is 25.8. The van der Waals surface area contributed by atoms with E-state index >= 15 is 0 Å². The van der Waals surface area contributed by atoms with Gasteiger partial charge in [-0.25, -0.2) is 15.0 Å². The molecule has 5 N–H and O–H groups in total. The Bertz CT molecular complexity index is 2010. The number of hydrogen-bond acceptors (Lipinski definition) is 7. The van der Waals surface area contributed by atoms with Gasteiger partial charge in [-0.2, -0.15) is 13.5 Å². The van der Waals surface area contributed by atoms with Gasteiger partial charge < -0.3 is 25.8 Å². The first-order chi connectivity index (χ1) is 24.6. The molecule has 52 heavy (non-hydrogen) atoms. The summed E-state index contributed by atoms with van der Waals surface area (Å²) in [5, 5.41) is 9.87. The average Bonchev–Trinajstić information content (AvgIpc) is 3.08. The lowest BCUT2D eigenvalue weighted by atomic mass is 9.99. The first-order valence-electron chi connectivity index (χ1n) is 16.6. The Hall–Kier alpha value is -5.69. The van der Waals surface area contributed by atoms with Crippen molar-refractivity contribution in [1.82, 2.24) is 16.1 Å². The van der Waals surface area contributed by atoms with Gasteiger partial charge in [0.2, 0.25) is 0 Å². The zero-order valence-electron chi connectivity index (χ0n) is 30.4. The van der Waals surface area contributed by atoms with Crippen LogP contribution in [0.25, 0.3) is 0 Å². The number of nitrogens with zero attached hydrogens (tertiary/aromatic N) is 2. The van der Waals surface area contributed by atoms with E-state index < -0.39 is 39.8 Å². The second-order valence-corrected chi connectivity index (χ2v) is 14.7. The molecule has 1 atom stereocenters. The van der Waals surface area contributed by atoms with Crippen molar-refractivity contribution in [3.63, 3.8) is 0 Å². The molecule has 4 rings (SSSR count). The molecule has 0 heterocycles. The molecule has 4 aromatic rings. The van der Waals surface area contributed by atoms with E-state index in [1.165, 1.54) is 13.3 Å². The summed E-state index contributed by atoms with van der Waals surface area (Å²) in [7, 11) is -2.66. The molecule has 0 saturated heterocycles. The second kappa shape index (κ2) is 17.0. The minimum Gasteiger partial charge on any atom is -0.496 e. The number of methoxy groups -OCH3 is 1. The molecule has 0 aromatic heterocycles. The minimum absolute atomic E-state index is 0.0677. The SMILES string of the molecule is COc1cc(C)c(S(=O)(=O)/N=C(\N)c2cccc(CC(C=NNC(=O)NC(c3ccccc3)c3ccccc3)NC(=O)OC(C)(C)C)c2)c(C)c1C. The third-order valence-electron chi connectivity index (χ3n) is 8.02. The lowest BCUT2D eigenvalue weighted by Crippen LogP contribution is -2.42. The van der Waals surface area contributed by atoms with Gasteiger partial charge in [0.05, 0.1) is 24.1 Å². The number of carbonyl (C=O) groups is 2. The van der Waals surface area contributed by atoms with Gasteiger partial charge in [0.1, 0.15) is 17.2 Å². The quantitative estimate of drug-likeness (QED) is 0.0761. The molecule has 0 aliphatic carbocycles. The monoisotopic (exact) mass is 726 g/mol. The van der Waals surface area contributed by atoms with E-state index in [0.29, 0.717) is 33.6 Å². The molecule has 1 unspecified atom stereocenters. The van der Waals surface area contributed by atoms with Crippen LogP contribution in [0.15, 0.2) is 105 Å². The van der Waals surface area contributed by atoms with Crippen molar-refractivity contribution in [1.29, 1.82) is 0 Å². The lowest BCUT2D eigenvalue weighted by Gasteiger charge is -2.22. The van der Waals surface area contributed by atoms with Crippen LogP contribution in [0.2, 0.25) is 0 Å². The van der Waals surface area contributed by atoms with Gasteiger partial charge in [-0.1, -0.05) is 78.9 Å². The van der Waals surface area contributed by atoms with Gasteiger partial charge in [0.15, 0.2) is 0 Å². The van der Waals surface area contributed by atoms with Gasteiger partial charge in [-0.15, -0.1) is 4.40 Å². The Morgan fingerprint density at radius 1 is 0.865 bits per heavy atom. The maximum atomic E-state index is 13.5. The van der Waals surface area contributed by atoms with Crippen LogP contribution in [0.4, 0.5) is 9.59 Å². The summed E-state index contributed by atoms with van der Waals surface area (Å²) in [5.74, 6) is 0.375. The number of amidine groups is 1. The number of ether oxygens (including phenoxy) is 2. The summed E-state index contributed by atoms with van der Waals surface area (Å²) < 4.78 is 41.8. The number of nitrogens with two attached hydrogens (primary N) is 1.